The number of rotatable bonds is 5. The van der Waals surface area contributed by atoms with E-state index >= 15 is 0 Å². The fourth-order valence-corrected chi connectivity index (χ4v) is 4.55. The van der Waals surface area contributed by atoms with Crippen LogP contribution in [-0.4, -0.2) is 42.4 Å². The van der Waals surface area contributed by atoms with Gasteiger partial charge in [-0.25, -0.2) is 0 Å². The first-order valence-corrected chi connectivity index (χ1v) is 10.5. The molecule has 0 unspecified atom stereocenters. The van der Waals surface area contributed by atoms with E-state index in [1.807, 2.05) is 0 Å². The summed E-state index contributed by atoms with van der Waals surface area (Å²) in [6.45, 7) is 1.18. The Kier molecular flexibility index (Phi) is 5.94. The van der Waals surface area contributed by atoms with Gasteiger partial charge in [-0.05, 0) is 30.5 Å². The Bertz CT molecular complexity index is 802. The maximum Gasteiger partial charge on any atom is 0.307 e. The predicted molar refractivity (Wildman–Crippen MR) is 104 cm³/mol. The third-order valence-corrected chi connectivity index (χ3v) is 6.01. The summed E-state index contributed by atoms with van der Waals surface area (Å²) in [7, 11) is 0. The summed E-state index contributed by atoms with van der Waals surface area (Å²) in [6.07, 6.45) is 4.24. The standard InChI is InChI=1S/C21H24ClNO6/c22-16-10-13(11-17-19(16)28-9-3-8-27-17)12-29-18(24)6-7-23-20(25)14-4-1-2-5-15(14)21(23)26/h10-11,14-15H,1-9,12H2/t14-,15+. The highest BCUT2D eigenvalue weighted by Gasteiger charge is 2.47. The summed E-state index contributed by atoms with van der Waals surface area (Å²) < 4.78 is 16.5. The molecule has 0 radical (unpaired) electrons. The Hall–Kier alpha value is -2.28. The molecule has 0 bridgehead atoms. The highest BCUT2D eigenvalue weighted by atomic mass is 35.5. The van der Waals surface area contributed by atoms with Gasteiger partial charge in [-0.1, -0.05) is 24.4 Å². The molecule has 3 aliphatic rings. The SMILES string of the molecule is O=C(CCN1C(=O)[C@H]2CCCC[C@H]2C1=O)OCc1cc(Cl)c2c(c1)OCCCO2. The third kappa shape index (κ3) is 4.20. The monoisotopic (exact) mass is 421 g/mol. The van der Waals surface area contributed by atoms with Crippen LogP contribution in [0.2, 0.25) is 5.02 Å². The lowest BCUT2D eigenvalue weighted by atomic mass is 9.81. The maximum atomic E-state index is 12.5. The van der Waals surface area contributed by atoms with E-state index in [0.717, 1.165) is 32.1 Å². The first kappa shape index (κ1) is 20.0. The number of hydrogen-bond acceptors (Lipinski definition) is 6. The van der Waals surface area contributed by atoms with Gasteiger partial charge in [0, 0.05) is 13.0 Å². The van der Waals surface area contributed by atoms with Gasteiger partial charge in [0.1, 0.15) is 6.61 Å². The van der Waals surface area contributed by atoms with Crippen molar-refractivity contribution in [2.75, 3.05) is 19.8 Å². The largest absolute Gasteiger partial charge is 0.489 e. The Labute approximate surface area is 174 Å². The quantitative estimate of drug-likeness (QED) is 0.536. The molecule has 0 aromatic heterocycles. The van der Waals surface area contributed by atoms with Gasteiger partial charge < -0.3 is 14.2 Å². The first-order chi connectivity index (χ1) is 14.0. The normalized spacial score (nSPS) is 23.6. The van der Waals surface area contributed by atoms with E-state index in [2.05, 4.69) is 0 Å². The summed E-state index contributed by atoms with van der Waals surface area (Å²) in [6, 6.07) is 3.43. The third-order valence-electron chi connectivity index (χ3n) is 5.73. The molecular formula is C21H24ClNO6. The van der Waals surface area contributed by atoms with Crippen molar-refractivity contribution in [2.24, 2.45) is 11.8 Å². The second-order valence-corrected chi connectivity index (χ2v) is 8.10. The molecule has 1 saturated heterocycles. The molecule has 0 N–H and O–H groups in total. The van der Waals surface area contributed by atoms with Crippen LogP contribution in [0, 0.1) is 11.8 Å². The lowest BCUT2D eigenvalue weighted by Crippen LogP contribution is -2.33. The zero-order chi connectivity index (χ0) is 20.4. The van der Waals surface area contributed by atoms with Crippen LogP contribution in [0.3, 0.4) is 0 Å². The van der Waals surface area contributed by atoms with Crippen molar-refractivity contribution < 1.29 is 28.6 Å². The van der Waals surface area contributed by atoms with Gasteiger partial charge in [-0.15, -0.1) is 0 Å². The second kappa shape index (κ2) is 8.61. The average molecular weight is 422 g/mol. The number of benzene rings is 1. The molecular weight excluding hydrogens is 398 g/mol. The van der Waals surface area contributed by atoms with E-state index in [-0.39, 0.29) is 43.2 Å². The summed E-state index contributed by atoms with van der Waals surface area (Å²) in [4.78, 5) is 38.3. The molecule has 1 aliphatic carbocycles. The van der Waals surface area contributed by atoms with Crippen molar-refractivity contribution in [2.45, 2.75) is 45.1 Å². The molecule has 2 fully saturated rings. The smallest absolute Gasteiger partial charge is 0.307 e. The fourth-order valence-electron chi connectivity index (χ4n) is 4.26. The Morgan fingerprint density at radius 1 is 1.07 bits per heavy atom. The van der Waals surface area contributed by atoms with Gasteiger partial charge in [0.25, 0.3) is 0 Å². The minimum Gasteiger partial charge on any atom is -0.489 e. The number of nitrogens with zero attached hydrogens (tertiary/aromatic N) is 1. The van der Waals surface area contributed by atoms with Crippen molar-refractivity contribution in [3.8, 4) is 11.5 Å². The van der Waals surface area contributed by atoms with Crippen LogP contribution in [0.4, 0.5) is 0 Å². The number of imide groups is 1. The minimum atomic E-state index is -0.469. The van der Waals surface area contributed by atoms with E-state index in [9.17, 15) is 14.4 Å². The molecule has 29 heavy (non-hydrogen) atoms. The van der Waals surface area contributed by atoms with Gasteiger partial charge in [0.2, 0.25) is 11.8 Å². The number of hydrogen-bond donors (Lipinski definition) is 0. The number of carbonyl (C=O) groups excluding carboxylic acids is 3. The lowest BCUT2D eigenvalue weighted by Gasteiger charge is -2.19. The number of amides is 2. The Morgan fingerprint density at radius 3 is 2.48 bits per heavy atom. The highest BCUT2D eigenvalue weighted by Crippen LogP contribution is 2.39. The predicted octanol–water partition coefficient (Wildman–Crippen LogP) is 3.11. The lowest BCUT2D eigenvalue weighted by molar-refractivity contribution is -0.146. The number of carbonyl (C=O) groups is 3. The molecule has 2 heterocycles. The van der Waals surface area contributed by atoms with Gasteiger partial charge in [0.15, 0.2) is 11.5 Å². The molecule has 156 valence electrons. The van der Waals surface area contributed by atoms with E-state index in [4.69, 9.17) is 25.8 Å². The minimum absolute atomic E-state index is 0.0186. The van der Waals surface area contributed by atoms with Crippen LogP contribution in [0.5, 0.6) is 11.5 Å². The van der Waals surface area contributed by atoms with Crippen LogP contribution in [0.1, 0.15) is 44.1 Å². The van der Waals surface area contributed by atoms with E-state index in [0.29, 0.717) is 35.3 Å². The topological polar surface area (TPSA) is 82.1 Å². The van der Waals surface area contributed by atoms with Crippen LogP contribution in [-0.2, 0) is 25.7 Å². The molecule has 7 nitrogen and oxygen atoms in total. The van der Waals surface area contributed by atoms with Crippen molar-refractivity contribution in [3.63, 3.8) is 0 Å². The zero-order valence-corrected chi connectivity index (χ0v) is 16.9. The molecule has 2 aliphatic heterocycles. The summed E-state index contributed by atoms with van der Waals surface area (Å²) >= 11 is 6.25. The summed E-state index contributed by atoms with van der Waals surface area (Å²) in [5.74, 6) is -0.0934. The van der Waals surface area contributed by atoms with Crippen molar-refractivity contribution in [1.29, 1.82) is 0 Å². The molecule has 0 spiro atoms. The van der Waals surface area contributed by atoms with Crippen LogP contribution in [0.25, 0.3) is 0 Å². The van der Waals surface area contributed by atoms with Crippen molar-refractivity contribution in [3.05, 3.63) is 22.7 Å². The molecule has 1 aromatic rings. The van der Waals surface area contributed by atoms with E-state index in [1.165, 1.54) is 4.90 Å². The van der Waals surface area contributed by atoms with Crippen LogP contribution in [0.15, 0.2) is 12.1 Å². The van der Waals surface area contributed by atoms with Gasteiger partial charge >= 0.3 is 5.97 Å². The zero-order valence-electron chi connectivity index (χ0n) is 16.2. The molecule has 1 aromatic carbocycles. The second-order valence-electron chi connectivity index (χ2n) is 7.69. The Balaban J connectivity index is 1.31. The molecule has 2 atom stereocenters. The van der Waals surface area contributed by atoms with Crippen molar-refractivity contribution >= 4 is 29.4 Å². The summed E-state index contributed by atoms with van der Waals surface area (Å²) in [5, 5.41) is 0.409. The average Bonchev–Trinajstić information content (AvgIpc) is 2.88. The highest BCUT2D eigenvalue weighted by molar-refractivity contribution is 6.32. The number of likely N-dealkylation sites (tertiary alicyclic amines) is 1. The van der Waals surface area contributed by atoms with Crippen LogP contribution >= 0.6 is 11.6 Å². The van der Waals surface area contributed by atoms with E-state index in [1.54, 1.807) is 12.1 Å². The number of halogens is 1. The maximum absolute atomic E-state index is 12.5. The fraction of sp³-hybridized carbons (Fsp3) is 0.571. The van der Waals surface area contributed by atoms with Gasteiger partial charge in [0.05, 0.1) is 36.5 Å². The summed E-state index contributed by atoms with van der Waals surface area (Å²) in [5.41, 5.74) is 0.687. The number of ether oxygens (including phenoxy) is 3. The van der Waals surface area contributed by atoms with Gasteiger partial charge in [-0.3, -0.25) is 19.3 Å². The molecule has 2 amide bonds. The Morgan fingerprint density at radius 2 is 1.76 bits per heavy atom. The first-order valence-electron chi connectivity index (χ1n) is 10.1. The van der Waals surface area contributed by atoms with Crippen molar-refractivity contribution in [1.82, 2.24) is 4.90 Å². The number of fused-ring (bicyclic) bond motifs is 2. The van der Waals surface area contributed by atoms with Gasteiger partial charge in [-0.2, -0.15) is 0 Å². The van der Waals surface area contributed by atoms with Crippen LogP contribution < -0.4 is 9.47 Å². The van der Waals surface area contributed by atoms with E-state index < -0.39 is 5.97 Å². The molecule has 1 saturated carbocycles. The molecule has 8 heteroatoms. The molecule has 4 rings (SSSR count). The number of esters is 1.